The maximum Gasteiger partial charge on any atom is 0.446 e. The SMILES string of the molecule is COCCCCCCCCOc1ccc(N2CCN(c3ccc(C(=O)N[C@@H]4C[C@@H](O)CNC(=O)C5[C@@H](O)[C@@H](C)CN5C(=O)C([C@@H](O)CCNC(=O)OCc5ccccc5)NC(=O)[C@H]([C@H](O)Cc5ccc(O)c(OS(=O)(=O)O)c5)NC(=O)C5C[C@@H](O)CN5C(=O)[C@H]([C@@H](C)O)NC4=O)cc3)CC2)cc1. The minimum Gasteiger partial charge on any atom is -0.504 e. The van der Waals surface area contributed by atoms with E-state index in [1.54, 1.807) is 49.6 Å². The summed E-state index contributed by atoms with van der Waals surface area (Å²) in [5, 5.41) is 94.5. The molecule has 0 radical (unpaired) electrons. The van der Waals surface area contributed by atoms with Gasteiger partial charge < -0.3 is 106 Å². The van der Waals surface area contributed by atoms with Gasteiger partial charge in [-0.25, -0.2) is 4.79 Å². The lowest BCUT2D eigenvalue weighted by molar-refractivity contribution is -0.147. The molecular weight excluding hydrogens is 1350 g/mol. The lowest BCUT2D eigenvalue weighted by Crippen LogP contribution is -2.64. The van der Waals surface area contributed by atoms with Crippen molar-refractivity contribution in [3.63, 3.8) is 0 Å². The predicted molar refractivity (Wildman–Crippen MR) is 367 cm³/mol. The Morgan fingerprint density at radius 3 is 1.91 bits per heavy atom. The number of hydrogen-bond acceptors (Lipinski definition) is 23. The average Bonchev–Trinajstić information content (AvgIpc) is 1.62. The van der Waals surface area contributed by atoms with E-state index in [1.165, 1.54) is 25.5 Å². The Labute approximate surface area is 590 Å². The Bertz CT molecular complexity index is 3590. The van der Waals surface area contributed by atoms with E-state index >= 15 is 4.79 Å². The molecule has 0 aromatic heterocycles. The maximum atomic E-state index is 15.1. The zero-order valence-electron chi connectivity index (χ0n) is 57.1. The molecule has 3 unspecified atom stereocenters. The largest absolute Gasteiger partial charge is 0.504 e. The first-order valence-electron chi connectivity index (χ1n) is 34.1. The van der Waals surface area contributed by atoms with Crippen LogP contribution in [-0.2, 0) is 61.7 Å². The topological polar surface area (TPSA) is 455 Å². The van der Waals surface area contributed by atoms with Gasteiger partial charge in [0.15, 0.2) is 11.5 Å². The van der Waals surface area contributed by atoms with Crippen LogP contribution >= 0.6 is 0 Å². The molecular formula is C69H94N10O22S. The van der Waals surface area contributed by atoms with Crippen molar-refractivity contribution in [2.24, 2.45) is 5.92 Å². The lowest BCUT2D eigenvalue weighted by atomic mass is 9.98. The van der Waals surface area contributed by atoms with Crippen molar-refractivity contribution in [3.05, 3.63) is 114 Å². The van der Waals surface area contributed by atoms with E-state index in [9.17, 15) is 82.3 Å². The zero-order chi connectivity index (χ0) is 73.8. The molecule has 32 nitrogen and oxygen atoms in total. The van der Waals surface area contributed by atoms with Gasteiger partial charge in [0.1, 0.15) is 48.6 Å². The monoisotopic (exact) mass is 1450 g/mol. The maximum absolute atomic E-state index is 15.1. The van der Waals surface area contributed by atoms with Crippen LogP contribution in [0.5, 0.6) is 17.2 Å². The van der Waals surface area contributed by atoms with Gasteiger partial charge in [-0.05, 0) is 98.0 Å². The molecule has 4 saturated heterocycles. The van der Waals surface area contributed by atoms with Gasteiger partial charge in [0.25, 0.3) is 5.91 Å². The van der Waals surface area contributed by atoms with Gasteiger partial charge in [-0.1, -0.05) is 69.0 Å². The first-order chi connectivity index (χ1) is 48.7. The van der Waals surface area contributed by atoms with Gasteiger partial charge in [-0.15, -0.1) is 0 Å². The molecule has 4 aromatic carbocycles. The van der Waals surface area contributed by atoms with Crippen molar-refractivity contribution >= 4 is 69.2 Å². The molecule has 0 saturated carbocycles. The Kier molecular flexibility index (Phi) is 28.8. The summed E-state index contributed by atoms with van der Waals surface area (Å²) in [5.41, 5.74) is 2.40. The van der Waals surface area contributed by atoms with Crippen LogP contribution in [0, 0.1) is 5.92 Å². The summed E-state index contributed by atoms with van der Waals surface area (Å²) in [7, 11) is -3.54. The van der Waals surface area contributed by atoms with Crippen molar-refractivity contribution in [2.75, 3.05) is 82.5 Å². The third-order valence-electron chi connectivity index (χ3n) is 18.3. The fourth-order valence-corrected chi connectivity index (χ4v) is 13.1. The van der Waals surface area contributed by atoms with Crippen LogP contribution < -0.4 is 50.6 Å². The number of hydrogen-bond donors (Lipinski definition) is 14. The van der Waals surface area contributed by atoms with Crippen LogP contribution in [0.25, 0.3) is 0 Å². The van der Waals surface area contributed by atoms with E-state index in [-0.39, 0.29) is 17.7 Å². The number of nitrogens with one attached hydrogen (secondary N) is 6. The fourth-order valence-electron chi connectivity index (χ4n) is 12.7. The number of phenolic OH excluding ortho intramolecular Hbond substituents is 1. The van der Waals surface area contributed by atoms with Crippen molar-refractivity contribution < 1.29 is 105 Å². The van der Waals surface area contributed by atoms with Crippen LogP contribution in [0.1, 0.15) is 93.1 Å². The number of carbonyl (C=O) groups is 8. The molecule has 0 spiro atoms. The fraction of sp³-hybridized carbons (Fsp3) is 0.536. The van der Waals surface area contributed by atoms with Gasteiger partial charge in [0, 0.05) is 108 Å². The van der Waals surface area contributed by atoms with Gasteiger partial charge in [0.2, 0.25) is 35.4 Å². The molecule has 4 aliphatic rings. The van der Waals surface area contributed by atoms with Gasteiger partial charge in [0.05, 0.1) is 43.2 Å². The average molecular weight is 1450 g/mol. The number of aromatic hydroxyl groups is 1. The number of rotatable bonds is 26. The lowest BCUT2D eigenvalue weighted by Gasteiger charge is -2.37. The Balaban J connectivity index is 1.02. The second-order valence-electron chi connectivity index (χ2n) is 26.1. The third kappa shape index (κ3) is 22.3. The number of aliphatic hydroxyl groups is 6. The number of fused-ring (bicyclic) bond motifs is 2. The summed E-state index contributed by atoms with van der Waals surface area (Å²) in [4.78, 5) is 122. The number of carbonyl (C=O) groups excluding carboxylic acids is 8. The number of alkyl carbamates (subject to hydrolysis) is 1. The van der Waals surface area contributed by atoms with Crippen molar-refractivity contribution in [1.82, 2.24) is 41.7 Å². The number of anilines is 2. The van der Waals surface area contributed by atoms with Crippen LogP contribution in [0.3, 0.4) is 0 Å². The number of nitrogens with zero attached hydrogens (tertiary/aromatic N) is 4. The minimum absolute atomic E-state index is 0.0594. The highest BCUT2D eigenvalue weighted by Crippen LogP contribution is 2.31. The first-order valence-corrected chi connectivity index (χ1v) is 35.5. The summed E-state index contributed by atoms with van der Waals surface area (Å²) in [6, 6.07) is 14.2. The highest BCUT2D eigenvalue weighted by molar-refractivity contribution is 7.81. The third-order valence-corrected chi connectivity index (χ3v) is 18.7. The summed E-state index contributed by atoms with van der Waals surface area (Å²) >= 11 is 0. The molecule has 558 valence electrons. The standard InChI is InChI=1S/C69H94N10O22S/c1-41-38-79-60(61(41)86)66(91)71-37-48(81)35-51(72-62(87)45-16-18-46(19-17-45)76-27-29-77(30-28-76)47-20-22-50(23-21-47)99-32-12-7-5-4-6-11-31-98-3)63(88)73-57(42(2)80)67(92)78-39-49(82)36-52(78)64(89)74-58(55(85)33-44-15-24-53(83)56(34-44)101-102(95,96)97)65(90)75-59(68(79)93)54(84)25-26-70-69(94)100-40-43-13-9-8-10-14-43/h8-10,13-24,34,41-42,48-49,51-52,54-55,57-61,80-86H,4-7,11-12,25-33,35-40H2,1-3H3,(H,70,94)(H,71,91)(H,72,87)(H,73,88)(H,74,89)(H,75,90)(H,95,96,97)/t41-,42+,48+,49+,51+,52?,54-,55+,57-,58-,59?,60?,61-/m0/s1. The molecule has 0 aliphatic carbocycles. The number of methoxy groups -OCH3 is 1. The number of aliphatic hydroxyl groups excluding tert-OH is 6. The molecule has 4 aromatic rings. The van der Waals surface area contributed by atoms with E-state index < -0.39 is 200 Å². The second kappa shape index (κ2) is 37.3. The summed E-state index contributed by atoms with van der Waals surface area (Å²) in [6.07, 6.45) is -7.70. The van der Waals surface area contributed by atoms with E-state index in [4.69, 9.17) is 14.2 Å². The van der Waals surface area contributed by atoms with Crippen LogP contribution in [-0.4, -0.2) is 252 Å². The second-order valence-corrected chi connectivity index (χ2v) is 27.1. The van der Waals surface area contributed by atoms with Crippen LogP contribution in [0.2, 0.25) is 0 Å². The predicted octanol–water partition coefficient (Wildman–Crippen LogP) is -0.469. The Morgan fingerprint density at radius 2 is 1.27 bits per heavy atom. The van der Waals surface area contributed by atoms with E-state index in [1.807, 2.05) is 24.3 Å². The van der Waals surface area contributed by atoms with Crippen molar-refractivity contribution in [3.8, 4) is 17.2 Å². The van der Waals surface area contributed by atoms with Crippen molar-refractivity contribution in [1.29, 1.82) is 0 Å². The first kappa shape index (κ1) is 78.8. The minimum atomic E-state index is -5.25. The molecule has 4 heterocycles. The zero-order valence-corrected chi connectivity index (χ0v) is 57.9. The summed E-state index contributed by atoms with van der Waals surface area (Å²) in [5.74, 6) is -9.96. The number of benzene rings is 4. The highest BCUT2D eigenvalue weighted by atomic mass is 32.3. The van der Waals surface area contributed by atoms with Crippen LogP contribution in [0.4, 0.5) is 16.2 Å². The quantitative estimate of drug-likeness (QED) is 0.0279. The molecule has 4 aliphatic heterocycles. The number of ether oxygens (including phenoxy) is 3. The molecule has 8 rings (SSSR count). The summed E-state index contributed by atoms with van der Waals surface area (Å²) in [6.45, 7) is 4.33. The molecule has 33 heteroatoms. The van der Waals surface area contributed by atoms with E-state index in [2.05, 4.69) is 45.9 Å². The number of phenols is 1. The van der Waals surface area contributed by atoms with E-state index in [0.717, 1.165) is 90.8 Å². The normalized spacial score (nSPS) is 24.4. The molecule has 102 heavy (non-hydrogen) atoms. The number of unbranched alkanes of at least 4 members (excludes halogenated alkanes) is 5. The highest BCUT2D eigenvalue weighted by Gasteiger charge is 2.50. The van der Waals surface area contributed by atoms with Gasteiger partial charge >= 0.3 is 16.5 Å². The van der Waals surface area contributed by atoms with Gasteiger partial charge in [-0.2, -0.15) is 8.42 Å². The molecule has 4 fully saturated rings. The van der Waals surface area contributed by atoms with Crippen molar-refractivity contribution in [2.45, 2.75) is 158 Å². The number of β-amino-alcohol motifs (C(OH)–C–C–N with tert-alkyl or cyclic N) is 1. The molecule has 13 atom stereocenters. The molecule has 0 bridgehead atoms. The Morgan fingerprint density at radius 1 is 0.667 bits per heavy atom. The number of amides is 8. The smallest absolute Gasteiger partial charge is 0.446 e. The Hall–Kier alpha value is -8.93. The van der Waals surface area contributed by atoms with Gasteiger partial charge in [-0.3, -0.25) is 38.1 Å². The van der Waals surface area contributed by atoms with E-state index in [0.29, 0.717) is 38.3 Å². The van der Waals surface area contributed by atoms with Crippen LogP contribution in [0.15, 0.2) is 97.1 Å². The number of piperazine rings is 1. The molecule has 8 amide bonds. The molecule has 14 N–H and O–H groups in total. The summed E-state index contributed by atoms with van der Waals surface area (Å²) < 4.78 is 53.6.